The Morgan fingerprint density at radius 1 is 1.47 bits per heavy atom. The van der Waals surface area contributed by atoms with E-state index in [0.717, 1.165) is 23.3 Å². The van der Waals surface area contributed by atoms with Gasteiger partial charge in [-0.1, -0.05) is 19.1 Å². The molecular weight excluding hydrogens is 186 g/mol. The van der Waals surface area contributed by atoms with Crippen LogP contribution in [-0.4, -0.2) is 16.5 Å². The van der Waals surface area contributed by atoms with Gasteiger partial charge in [0.2, 0.25) is 0 Å². The third kappa shape index (κ3) is 2.02. The number of aromatic nitrogens is 2. The van der Waals surface area contributed by atoms with Crippen molar-refractivity contribution >= 4 is 11.0 Å². The minimum atomic E-state index is 0.478. The third-order valence-corrected chi connectivity index (χ3v) is 2.71. The summed E-state index contributed by atoms with van der Waals surface area (Å²) >= 11 is 0. The fourth-order valence-electron chi connectivity index (χ4n) is 1.74. The van der Waals surface area contributed by atoms with Crippen LogP contribution in [0.15, 0.2) is 18.2 Å². The highest BCUT2D eigenvalue weighted by Gasteiger charge is 2.07. The van der Waals surface area contributed by atoms with E-state index in [4.69, 9.17) is 5.73 Å². The van der Waals surface area contributed by atoms with E-state index in [1.54, 1.807) is 0 Å². The van der Waals surface area contributed by atoms with E-state index in [-0.39, 0.29) is 0 Å². The molecule has 0 spiro atoms. The van der Waals surface area contributed by atoms with Crippen molar-refractivity contribution in [2.45, 2.75) is 20.3 Å². The predicted octanol–water partition coefficient (Wildman–Crippen LogP) is 2.01. The summed E-state index contributed by atoms with van der Waals surface area (Å²) in [7, 11) is 0. The van der Waals surface area contributed by atoms with E-state index in [9.17, 15) is 0 Å². The van der Waals surface area contributed by atoms with Gasteiger partial charge in [-0.05, 0) is 31.0 Å². The molecule has 0 aliphatic rings. The summed E-state index contributed by atoms with van der Waals surface area (Å²) in [5, 5.41) is 0. The lowest BCUT2D eigenvalue weighted by Gasteiger charge is -2.03. The molecule has 2 aromatic rings. The molecule has 80 valence electrons. The highest BCUT2D eigenvalue weighted by atomic mass is 14.9. The van der Waals surface area contributed by atoms with Crippen LogP contribution in [0.3, 0.4) is 0 Å². The zero-order valence-corrected chi connectivity index (χ0v) is 9.25. The number of imidazole rings is 1. The Hall–Kier alpha value is -1.35. The highest BCUT2D eigenvalue weighted by Crippen LogP contribution is 2.16. The van der Waals surface area contributed by atoms with Crippen LogP contribution in [0.1, 0.15) is 18.3 Å². The molecule has 3 nitrogen and oxygen atoms in total. The van der Waals surface area contributed by atoms with E-state index in [0.29, 0.717) is 12.5 Å². The van der Waals surface area contributed by atoms with Crippen molar-refractivity contribution in [3.05, 3.63) is 29.6 Å². The maximum atomic E-state index is 5.60. The second-order valence-corrected chi connectivity index (χ2v) is 4.20. The van der Waals surface area contributed by atoms with Crippen LogP contribution in [0.2, 0.25) is 0 Å². The molecule has 3 heteroatoms. The molecule has 1 atom stereocenters. The number of rotatable bonds is 3. The Kier molecular flexibility index (Phi) is 2.73. The molecule has 2 rings (SSSR count). The first-order valence-corrected chi connectivity index (χ1v) is 5.35. The lowest BCUT2D eigenvalue weighted by atomic mass is 10.1. The Labute approximate surface area is 89.7 Å². The van der Waals surface area contributed by atoms with Crippen molar-refractivity contribution < 1.29 is 0 Å². The maximum Gasteiger partial charge on any atom is 0.107 e. The smallest absolute Gasteiger partial charge is 0.107 e. The van der Waals surface area contributed by atoms with Crippen molar-refractivity contribution in [1.82, 2.24) is 9.97 Å². The fraction of sp³-hybridized carbons (Fsp3) is 0.417. The number of aryl methyl sites for hydroxylation is 1. The molecule has 0 fully saturated rings. The molecule has 0 bridgehead atoms. The van der Waals surface area contributed by atoms with Gasteiger partial charge in [0.25, 0.3) is 0 Å². The zero-order chi connectivity index (χ0) is 10.8. The van der Waals surface area contributed by atoms with E-state index in [1.807, 2.05) is 6.07 Å². The monoisotopic (exact) mass is 203 g/mol. The van der Waals surface area contributed by atoms with Crippen LogP contribution < -0.4 is 5.73 Å². The third-order valence-electron chi connectivity index (χ3n) is 2.71. The number of H-pyrrole nitrogens is 1. The van der Waals surface area contributed by atoms with Gasteiger partial charge >= 0.3 is 0 Å². The maximum absolute atomic E-state index is 5.60. The predicted molar refractivity (Wildman–Crippen MR) is 62.8 cm³/mol. The molecule has 1 unspecified atom stereocenters. The van der Waals surface area contributed by atoms with Crippen molar-refractivity contribution in [3.8, 4) is 0 Å². The number of nitrogens with one attached hydrogen (secondary N) is 1. The Morgan fingerprint density at radius 3 is 2.93 bits per heavy atom. The Morgan fingerprint density at radius 2 is 2.27 bits per heavy atom. The zero-order valence-electron chi connectivity index (χ0n) is 9.25. The van der Waals surface area contributed by atoms with Crippen LogP contribution >= 0.6 is 0 Å². The molecular formula is C12H17N3. The summed E-state index contributed by atoms with van der Waals surface area (Å²) in [5.74, 6) is 1.52. The number of hydrogen-bond donors (Lipinski definition) is 2. The molecule has 0 saturated heterocycles. The van der Waals surface area contributed by atoms with Gasteiger partial charge in [0.05, 0.1) is 11.0 Å². The van der Waals surface area contributed by atoms with Gasteiger partial charge in [0, 0.05) is 6.42 Å². The second kappa shape index (κ2) is 4.03. The minimum absolute atomic E-state index is 0.478. The first-order chi connectivity index (χ1) is 7.20. The molecule has 1 aromatic heterocycles. The van der Waals surface area contributed by atoms with Crippen molar-refractivity contribution in [3.63, 3.8) is 0 Å². The molecule has 3 N–H and O–H groups in total. The summed E-state index contributed by atoms with van der Waals surface area (Å²) < 4.78 is 0. The summed E-state index contributed by atoms with van der Waals surface area (Å²) in [6.45, 7) is 4.93. The van der Waals surface area contributed by atoms with E-state index < -0.39 is 0 Å². The number of para-hydroxylation sites is 1. The van der Waals surface area contributed by atoms with Gasteiger partial charge < -0.3 is 10.7 Å². The second-order valence-electron chi connectivity index (χ2n) is 4.20. The summed E-state index contributed by atoms with van der Waals surface area (Å²) in [6.07, 6.45) is 0.921. The standard InChI is InChI=1S/C12H17N3/c1-8(7-13)6-11-14-10-5-3-4-9(2)12(10)15-11/h3-5,8H,6-7,13H2,1-2H3,(H,14,15). The molecule has 0 amide bonds. The topological polar surface area (TPSA) is 54.7 Å². The van der Waals surface area contributed by atoms with Gasteiger partial charge in [-0.25, -0.2) is 4.98 Å². The molecule has 1 heterocycles. The number of nitrogens with two attached hydrogens (primary N) is 1. The number of nitrogens with zero attached hydrogens (tertiary/aromatic N) is 1. The van der Waals surface area contributed by atoms with Crippen molar-refractivity contribution in [1.29, 1.82) is 0 Å². The average molecular weight is 203 g/mol. The summed E-state index contributed by atoms with van der Waals surface area (Å²) in [6, 6.07) is 6.19. The van der Waals surface area contributed by atoms with Crippen LogP contribution in [0.25, 0.3) is 11.0 Å². The number of fused-ring (bicyclic) bond motifs is 1. The summed E-state index contributed by atoms with van der Waals surface area (Å²) in [5.41, 5.74) is 9.02. The van der Waals surface area contributed by atoms with Gasteiger partial charge in [-0.3, -0.25) is 0 Å². The van der Waals surface area contributed by atoms with Crippen LogP contribution in [0, 0.1) is 12.8 Å². The van der Waals surface area contributed by atoms with Gasteiger partial charge in [-0.2, -0.15) is 0 Å². The first-order valence-electron chi connectivity index (χ1n) is 5.35. The van der Waals surface area contributed by atoms with Gasteiger partial charge in [-0.15, -0.1) is 0 Å². The molecule has 1 aromatic carbocycles. The SMILES string of the molecule is Cc1cccc2[nH]c(CC(C)CN)nc12. The Balaban J connectivity index is 2.35. The quantitative estimate of drug-likeness (QED) is 0.801. The molecule has 0 aliphatic carbocycles. The normalized spacial score (nSPS) is 13.3. The fourth-order valence-corrected chi connectivity index (χ4v) is 1.74. The number of aromatic amines is 1. The molecule has 0 aliphatic heterocycles. The first kappa shape index (κ1) is 10.2. The molecule has 0 radical (unpaired) electrons. The highest BCUT2D eigenvalue weighted by molar-refractivity contribution is 5.78. The Bertz CT molecular complexity index is 459. The van der Waals surface area contributed by atoms with E-state index in [2.05, 4.69) is 35.9 Å². The molecule has 0 saturated carbocycles. The van der Waals surface area contributed by atoms with Crippen LogP contribution in [0.4, 0.5) is 0 Å². The van der Waals surface area contributed by atoms with Crippen LogP contribution in [0.5, 0.6) is 0 Å². The number of hydrogen-bond acceptors (Lipinski definition) is 2. The lowest BCUT2D eigenvalue weighted by molar-refractivity contribution is 0.578. The van der Waals surface area contributed by atoms with Gasteiger partial charge in [0.15, 0.2) is 0 Å². The largest absolute Gasteiger partial charge is 0.342 e. The van der Waals surface area contributed by atoms with E-state index >= 15 is 0 Å². The van der Waals surface area contributed by atoms with Crippen LogP contribution in [-0.2, 0) is 6.42 Å². The van der Waals surface area contributed by atoms with Gasteiger partial charge in [0.1, 0.15) is 5.82 Å². The van der Waals surface area contributed by atoms with Crippen molar-refractivity contribution in [2.75, 3.05) is 6.54 Å². The average Bonchev–Trinajstić information content (AvgIpc) is 2.62. The minimum Gasteiger partial charge on any atom is -0.342 e. The summed E-state index contributed by atoms with van der Waals surface area (Å²) in [4.78, 5) is 7.92. The van der Waals surface area contributed by atoms with E-state index in [1.165, 1.54) is 5.56 Å². The molecule has 15 heavy (non-hydrogen) atoms. The van der Waals surface area contributed by atoms with Crippen molar-refractivity contribution in [2.24, 2.45) is 11.7 Å². The number of benzene rings is 1. The lowest BCUT2D eigenvalue weighted by Crippen LogP contribution is -2.13.